The molecule has 0 saturated carbocycles. The largest absolute Gasteiger partial charge is 0.469 e. The summed E-state index contributed by atoms with van der Waals surface area (Å²) < 4.78 is 14.7. The summed E-state index contributed by atoms with van der Waals surface area (Å²) in [7, 11) is -4.45. The predicted molar refractivity (Wildman–Crippen MR) is 119 cm³/mol. The number of phosphoric ester groups is 1. The summed E-state index contributed by atoms with van der Waals surface area (Å²) in [5.41, 5.74) is 0. The number of carbonyl (C=O) groups is 1. The fourth-order valence-corrected chi connectivity index (χ4v) is 2.71. The van der Waals surface area contributed by atoms with Gasteiger partial charge in [-0.1, -0.05) is 68.4 Å². The Hall–Kier alpha value is -1.46. The van der Waals surface area contributed by atoms with E-state index in [1.54, 1.807) is 0 Å². The lowest BCUT2D eigenvalue weighted by atomic mass is 10.2. The van der Waals surface area contributed by atoms with E-state index in [9.17, 15) is 9.36 Å². The monoisotopic (exact) mass is 427 g/mol. The lowest BCUT2D eigenvalue weighted by Crippen LogP contribution is -2.26. The second kappa shape index (κ2) is 19.8. The van der Waals surface area contributed by atoms with E-state index in [1.165, 1.54) is 25.7 Å². The van der Waals surface area contributed by atoms with Crippen molar-refractivity contribution in [2.45, 2.75) is 71.1 Å². The van der Waals surface area contributed by atoms with E-state index in [1.807, 2.05) is 0 Å². The quantitative estimate of drug-likeness (QED) is 0.155. The van der Waals surface area contributed by atoms with E-state index in [0.29, 0.717) is 6.42 Å². The predicted octanol–water partition coefficient (Wildman–Crippen LogP) is 5.36. The smallest absolute Gasteiger partial charge is 0.354 e. The van der Waals surface area contributed by atoms with E-state index >= 15 is 0 Å². The molecule has 166 valence electrons. The van der Waals surface area contributed by atoms with E-state index in [0.717, 1.165) is 32.1 Å². The van der Waals surface area contributed by atoms with Crippen molar-refractivity contribution in [3.8, 4) is 0 Å². The Morgan fingerprint density at radius 1 is 0.862 bits per heavy atom. The Balaban J connectivity index is 3.51. The van der Waals surface area contributed by atoms with Crippen molar-refractivity contribution in [2.24, 2.45) is 0 Å². The summed E-state index contributed by atoms with van der Waals surface area (Å²) >= 11 is 0. The summed E-state index contributed by atoms with van der Waals surface area (Å²) in [4.78, 5) is 28.5. The molecule has 0 aromatic carbocycles. The van der Waals surface area contributed by atoms with Crippen molar-refractivity contribution in [3.05, 3.63) is 48.6 Å². The molecule has 0 aliphatic carbocycles. The lowest BCUT2D eigenvalue weighted by Gasteiger charge is -2.06. The SMILES string of the molecule is CCCCC/C=C/C/C=C/C/C=C/C/C=C/CCCC(=O)NCCOP(=O)(O)O. The number of unbranched alkanes of at least 4 members (excludes halogenated alkanes) is 4. The molecule has 7 heteroatoms. The fourth-order valence-electron chi connectivity index (χ4n) is 2.38. The maximum Gasteiger partial charge on any atom is 0.469 e. The highest BCUT2D eigenvalue weighted by molar-refractivity contribution is 7.46. The first-order valence-corrected chi connectivity index (χ1v) is 12.1. The first-order valence-electron chi connectivity index (χ1n) is 10.5. The van der Waals surface area contributed by atoms with Crippen LogP contribution < -0.4 is 5.32 Å². The molecule has 0 fully saturated rings. The van der Waals surface area contributed by atoms with Gasteiger partial charge in [-0.2, -0.15) is 0 Å². The van der Waals surface area contributed by atoms with Gasteiger partial charge in [-0.15, -0.1) is 0 Å². The highest BCUT2D eigenvalue weighted by Crippen LogP contribution is 2.35. The molecular formula is C22H38NO5P. The molecule has 1 amide bonds. The molecule has 0 radical (unpaired) electrons. The summed E-state index contributed by atoms with van der Waals surface area (Å²) in [6, 6.07) is 0. The van der Waals surface area contributed by atoms with Gasteiger partial charge >= 0.3 is 7.82 Å². The second-order valence-electron chi connectivity index (χ2n) is 6.65. The number of phosphoric acid groups is 1. The van der Waals surface area contributed by atoms with Crippen LogP contribution in [0.25, 0.3) is 0 Å². The maximum atomic E-state index is 11.5. The van der Waals surface area contributed by atoms with Gasteiger partial charge in [0.05, 0.1) is 6.61 Å². The average Bonchev–Trinajstić information content (AvgIpc) is 2.67. The molecule has 0 saturated heterocycles. The fraction of sp³-hybridized carbons (Fsp3) is 0.591. The van der Waals surface area contributed by atoms with Crippen LogP contribution in [0.15, 0.2) is 48.6 Å². The van der Waals surface area contributed by atoms with Crippen LogP contribution in [0, 0.1) is 0 Å². The minimum atomic E-state index is -4.45. The summed E-state index contributed by atoms with van der Waals surface area (Å²) in [5.74, 6) is -0.143. The van der Waals surface area contributed by atoms with Crippen LogP contribution in [-0.2, 0) is 13.9 Å². The van der Waals surface area contributed by atoms with Crippen LogP contribution in [0.3, 0.4) is 0 Å². The van der Waals surface area contributed by atoms with Gasteiger partial charge in [-0.25, -0.2) is 4.57 Å². The third-order valence-electron chi connectivity index (χ3n) is 3.92. The summed E-state index contributed by atoms with van der Waals surface area (Å²) in [6.07, 6.45) is 27.2. The van der Waals surface area contributed by atoms with E-state index < -0.39 is 7.82 Å². The van der Waals surface area contributed by atoms with E-state index in [2.05, 4.69) is 65.4 Å². The molecule has 0 unspecified atom stereocenters. The molecular weight excluding hydrogens is 389 g/mol. The molecule has 6 nitrogen and oxygen atoms in total. The van der Waals surface area contributed by atoms with Gasteiger partial charge in [0.1, 0.15) is 0 Å². The number of allylic oxidation sites excluding steroid dienone is 8. The minimum absolute atomic E-state index is 0.0915. The Labute approximate surface area is 176 Å². The van der Waals surface area contributed by atoms with Crippen molar-refractivity contribution in [3.63, 3.8) is 0 Å². The summed E-state index contributed by atoms with van der Waals surface area (Å²) in [6.45, 7) is 2.11. The van der Waals surface area contributed by atoms with Crippen LogP contribution >= 0.6 is 7.82 Å². The summed E-state index contributed by atoms with van der Waals surface area (Å²) in [5, 5.41) is 2.56. The van der Waals surface area contributed by atoms with Crippen molar-refractivity contribution < 1.29 is 23.7 Å². The van der Waals surface area contributed by atoms with Gasteiger partial charge in [-0.3, -0.25) is 9.32 Å². The molecule has 0 bridgehead atoms. The van der Waals surface area contributed by atoms with Crippen molar-refractivity contribution in [1.29, 1.82) is 0 Å². The van der Waals surface area contributed by atoms with Gasteiger partial charge in [0.25, 0.3) is 0 Å². The highest BCUT2D eigenvalue weighted by atomic mass is 31.2. The number of hydrogen-bond acceptors (Lipinski definition) is 3. The number of rotatable bonds is 18. The number of nitrogens with one attached hydrogen (secondary N) is 1. The number of amides is 1. The minimum Gasteiger partial charge on any atom is -0.354 e. The Morgan fingerprint density at radius 3 is 1.90 bits per heavy atom. The molecule has 0 aliphatic heterocycles. The third kappa shape index (κ3) is 24.5. The maximum absolute atomic E-state index is 11.5. The van der Waals surface area contributed by atoms with Gasteiger partial charge in [0.2, 0.25) is 5.91 Å². The van der Waals surface area contributed by atoms with Crippen LogP contribution in [0.2, 0.25) is 0 Å². The molecule has 0 atom stereocenters. The normalized spacial score (nSPS) is 12.8. The molecule has 0 aliphatic rings. The molecule has 0 spiro atoms. The Bertz CT molecular complexity index is 564. The molecule has 0 rings (SSSR count). The number of carbonyl (C=O) groups excluding carboxylic acids is 1. The molecule has 29 heavy (non-hydrogen) atoms. The van der Waals surface area contributed by atoms with E-state index in [4.69, 9.17) is 9.79 Å². The third-order valence-corrected chi connectivity index (χ3v) is 4.43. The van der Waals surface area contributed by atoms with Crippen LogP contribution in [0.5, 0.6) is 0 Å². The number of hydrogen-bond donors (Lipinski definition) is 3. The molecule has 0 aromatic rings. The van der Waals surface area contributed by atoms with Crippen molar-refractivity contribution in [1.82, 2.24) is 5.32 Å². The lowest BCUT2D eigenvalue weighted by molar-refractivity contribution is -0.121. The van der Waals surface area contributed by atoms with Crippen molar-refractivity contribution in [2.75, 3.05) is 13.2 Å². The van der Waals surface area contributed by atoms with Crippen LogP contribution in [-0.4, -0.2) is 28.8 Å². The zero-order chi connectivity index (χ0) is 21.6. The first kappa shape index (κ1) is 27.5. The Kier molecular flexibility index (Phi) is 18.8. The molecule has 0 aromatic heterocycles. The average molecular weight is 428 g/mol. The van der Waals surface area contributed by atoms with Crippen molar-refractivity contribution >= 4 is 13.7 Å². The molecule has 3 N–H and O–H groups in total. The zero-order valence-corrected chi connectivity index (χ0v) is 18.6. The Morgan fingerprint density at radius 2 is 1.38 bits per heavy atom. The highest BCUT2D eigenvalue weighted by Gasteiger charge is 2.12. The molecule has 0 heterocycles. The topological polar surface area (TPSA) is 95.9 Å². The van der Waals surface area contributed by atoms with Gasteiger partial charge in [-0.05, 0) is 44.9 Å². The van der Waals surface area contributed by atoms with Gasteiger partial charge in [0, 0.05) is 13.0 Å². The van der Waals surface area contributed by atoms with Crippen LogP contribution in [0.4, 0.5) is 0 Å². The van der Waals surface area contributed by atoms with Gasteiger partial charge < -0.3 is 15.1 Å². The second-order valence-corrected chi connectivity index (χ2v) is 7.89. The zero-order valence-electron chi connectivity index (χ0n) is 17.7. The standard InChI is InChI=1S/C22H38NO5P/c1-2-3-4-5-6-7-8-9-10-11-12-13-14-15-16-17-18-19-22(24)23-20-21-28-29(25,26)27/h6-7,9-10,12-13,15-16H,2-5,8,11,14,17-21H2,1H3,(H,23,24)(H2,25,26,27)/b7-6+,10-9+,13-12+,16-15+. The first-order chi connectivity index (χ1) is 14.0. The van der Waals surface area contributed by atoms with Crippen LogP contribution in [0.1, 0.15) is 71.1 Å². The van der Waals surface area contributed by atoms with Gasteiger partial charge in [0.15, 0.2) is 0 Å². The van der Waals surface area contributed by atoms with E-state index in [-0.39, 0.29) is 19.1 Å².